The Morgan fingerprint density at radius 2 is 2.25 bits per heavy atom. The van der Waals surface area contributed by atoms with Crippen molar-refractivity contribution in [2.45, 2.75) is 29.4 Å². The monoisotopic (exact) mass is 379 g/mol. The Bertz CT molecular complexity index is 583. The van der Waals surface area contributed by atoms with Crippen molar-refractivity contribution in [1.82, 2.24) is 4.72 Å². The smallest absolute Gasteiger partial charge is 0.244 e. The Hall–Kier alpha value is -0.240. The third kappa shape index (κ3) is 3.69. The second-order valence-electron chi connectivity index (χ2n) is 5.02. The van der Waals surface area contributed by atoms with Gasteiger partial charge < -0.3 is 4.74 Å². The van der Waals surface area contributed by atoms with E-state index in [1.807, 2.05) is 11.8 Å². The average molecular weight is 380 g/mol. The highest BCUT2D eigenvalue weighted by molar-refractivity contribution is 9.10. The van der Waals surface area contributed by atoms with Crippen molar-refractivity contribution in [2.24, 2.45) is 0 Å². The van der Waals surface area contributed by atoms with E-state index in [-0.39, 0.29) is 9.64 Å². The van der Waals surface area contributed by atoms with Crippen molar-refractivity contribution in [1.29, 1.82) is 0 Å². The first-order valence-electron chi connectivity index (χ1n) is 6.33. The van der Waals surface area contributed by atoms with Gasteiger partial charge in [0, 0.05) is 15.8 Å². The molecular formula is C13H18BrNO3S2. The van der Waals surface area contributed by atoms with E-state index in [0.29, 0.717) is 16.8 Å². The standard InChI is InChI=1S/C13H18BrNO3S2/c1-13(6-3-7-19-13)9-15-20(16,17)12-8-10(14)4-5-11(12)18-2/h4-5,8,15H,3,6-7,9H2,1-2H3. The number of thioether (sulfide) groups is 1. The summed E-state index contributed by atoms with van der Waals surface area (Å²) in [6.45, 7) is 2.54. The number of hydrogen-bond acceptors (Lipinski definition) is 4. The molecule has 0 radical (unpaired) electrons. The lowest BCUT2D eigenvalue weighted by Gasteiger charge is -2.23. The maximum absolute atomic E-state index is 12.4. The maximum atomic E-state index is 12.4. The van der Waals surface area contributed by atoms with Crippen LogP contribution >= 0.6 is 27.7 Å². The van der Waals surface area contributed by atoms with Crippen LogP contribution in [0.4, 0.5) is 0 Å². The molecule has 0 saturated carbocycles. The van der Waals surface area contributed by atoms with Crippen molar-refractivity contribution in [3.63, 3.8) is 0 Å². The first-order valence-corrected chi connectivity index (χ1v) is 9.60. The van der Waals surface area contributed by atoms with Gasteiger partial charge in [0.1, 0.15) is 10.6 Å². The quantitative estimate of drug-likeness (QED) is 0.853. The van der Waals surface area contributed by atoms with Gasteiger partial charge in [-0.1, -0.05) is 15.9 Å². The van der Waals surface area contributed by atoms with Crippen LogP contribution in [-0.2, 0) is 10.0 Å². The van der Waals surface area contributed by atoms with Crippen LogP contribution in [-0.4, -0.2) is 32.6 Å². The third-order valence-corrected chi connectivity index (χ3v) is 6.81. The zero-order valence-corrected chi connectivity index (χ0v) is 14.7. The molecule has 1 fully saturated rings. The van der Waals surface area contributed by atoms with Crippen molar-refractivity contribution in [3.05, 3.63) is 22.7 Å². The SMILES string of the molecule is COc1ccc(Br)cc1S(=O)(=O)NCC1(C)CCCS1. The Labute approximate surface area is 132 Å². The first-order chi connectivity index (χ1) is 9.36. The van der Waals surface area contributed by atoms with E-state index >= 15 is 0 Å². The molecule has 1 unspecified atom stereocenters. The number of methoxy groups -OCH3 is 1. The molecule has 1 aromatic rings. The minimum Gasteiger partial charge on any atom is -0.495 e. The van der Waals surface area contributed by atoms with Crippen LogP contribution in [0.5, 0.6) is 5.75 Å². The lowest BCUT2D eigenvalue weighted by Crippen LogP contribution is -2.36. The summed E-state index contributed by atoms with van der Waals surface area (Å²) in [5.74, 6) is 1.45. The summed E-state index contributed by atoms with van der Waals surface area (Å²) in [4.78, 5) is 0.168. The molecule has 2 rings (SSSR count). The summed E-state index contributed by atoms with van der Waals surface area (Å²) < 4.78 is 33.4. The van der Waals surface area contributed by atoms with Crippen molar-refractivity contribution >= 4 is 37.7 Å². The molecule has 0 spiro atoms. The number of sulfonamides is 1. The van der Waals surface area contributed by atoms with Gasteiger partial charge in [0.25, 0.3) is 0 Å². The van der Waals surface area contributed by atoms with Gasteiger partial charge in [-0.05, 0) is 43.7 Å². The van der Waals surface area contributed by atoms with E-state index in [4.69, 9.17) is 4.74 Å². The van der Waals surface area contributed by atoms with Crippen LogP contribution in [0, 0.1) is 0 Å². The topological polar surface area (TPSA) is 55.4 Å². The fourth-order valence-corrected chi connectivity index (χ4v) is 5.37. The van der Waals surface area contributed by atoms with Crippen LogP contribution in [0.15, 0.2) is 27.6 Å². The fourth-order valence-electron chi connectivity index (χ4n) is 2.16. The van der Waals surface area contributed by atoms with Crippen molar-refractivity contribution in [2.75, 3.05) is 19.4 Å². The van der Waals surface area contributed by atoms with E-state index in [1.165, 1.54) is 7.11 Å². The predicted molar refractivity (Wildman–Crippen MR) is 86.0 cm³/mol. The van der Waals surface area contributed by atoms with Crippen LogP contribution in [0.3, 0.4) is 0 Å². The number of nitrogens with one attached hydrogen (secondary N) is 1. The van der Waals surface area contributed by atoms with Gasteiger partial charge in [-0.15, -0.1) is 0 Å². The molecule has 4 nitrogen and oxygen atoms in total. The maximum Gasteiger partial charge on any atom is 0.244 e. The predicted octanol–water partition coefficient (Wildman–Crippen LogP) is 3.02. The molecule has 1 N–H and O–H groups in total. The van der Waals surface area contributed by atoms with E-state index < -0.39 is 10.0 Å². The van der Waals surface area contributed by atoms with Crippen LogP contribution in [0.2, 0.25) is 0 Å². The second kappa shape index (κ2) is 6.25. The highest BCUT2D eigenvalue weighted by Gasteiger charge is 2.31. The number of ether oxygens (including phenoxy) is 1. The molecule has 0 bridgehead atoms. The summed E-state index contributed by atoms with van der Waals surface area (Å²) in [5, 5.41) is 0. The van der Waals surface area contributed by atoms with Gasteiger partial charge in [0.05, 0.1) is 7.11 Å². The minimum absolute atomic E-state index is 0.00762. The molecule has 7 heteroatoms. The van der Waals surface area contributed by atoms with Crippen molar-refractivity contribution in [3.8, 4) is 5.75 Å². The van der Waals surface area contributed by atoms with Crippen LogP contribution < -0.4 is 9.46 Å². The number of benzene rings is 1. The second-order valence-corrected chi connectivity index (χ2v) is 9.36. The van der Waals surface area contributed by atoms with Gasteiger partial charge in [0.15, 0.2) is 0 Å². The Morgan fingerprint density at radius 3 is 2.85 bits per heavy atom. The Kier molecular flexibility index (Phi) is 5.05. The first kappa shape index (κ1) is 16.1. The third-order valence-electron chi connectivity index (χ3n) is 3.35. The van der Waals surface area contributed by atoms with Gasteiger partial charge >= 0.3 is 0 Å². The summed E-state index contributed by atoms with van der Waals surface area (Å²) >= 11 is 5.12. The highest BCUT2D eigenvalue weighted by atomic mass is 79.9. The molecule has 0 aromatic heterocycles. The van der Waals surface area contributed by atoms with Gasteiger partial charge in [0.2, 0.25) is 10.0 Å². The molecule has 1 heterocycles. The van der Waals surface area contributed by atoms with E-state index in [2.05, 4.69) is 27.6 Å². The average Bonchev–Trinajstić information content (AvgIpc) is 2.84. The number of hydrogen-bond donors (Lipinski definition) is 1. The summed E-state index contributed by atoms with van der Waals surface area (Å²) in [6, 6.07) is 4.96. The zero-order valence-electron chi connectivity index (χ0n) is 11.5. The summed E-state index contributed by atoms with van der Waals surface area (Å²) in [7, 11) is -2.10. The largest absolute Gasteiger partial charge is 0.495 e. The molecule has 1 aliphatic heterocycles. The summed E-state index contributed by atoms with van der Waals surface area (Å²) in [6.07, 6.45) is 2.18. The molecule has 20 heavy (non-hydrogen) atoms. The molecule has 0 aliphatic carbocycles. The molecular weight excluding hydrogens is 362 g/mol. The van der Waals surface area contributed by atoms with Crippen LogP contribution in [0.1, 0.15) is 19.8 Å². The molecule has 1 atom stereocenters. The van der Waals surface area contributed by atoms with Gasteiger partial charge in [-0.3, -0.25) is 0 Å². The number of rotatable bonds is 5. The van der Waals surface area contributed by atoms with Crippen LogP contribution in [0.25, 0.3) is 0 Å². The number of halogens is 1. The molecule has 112 valence electrons. The molecule has 1 aliphatic rings. The lowest BCUT2D eigenvalue weighted by atomic mass is 10.1. The van der Waals surface area contributed by atoms with Crippen molar-refractivity contribution < 1.29 is 13.2 Å². The van der Waals surface area contributed by atoms with Gasteiger partial charge in [-0.25, -0.2) is 13.1 Å². The molecule has 1 aromatic carbocycles. The Morgan fingerprint density at radius 1 is 1.50 bits per heavy atom. The Balaban J connectivity index is 2.20. The highest BCUT2D eigenvalue weighted by Crippen LogP contribution is 2.37. The van der Waals surface area contributed by atoms with E-state index in [0.717, 1.165) is 18.6 Å². The lowest BCUT2D eigenvalue weighted by molar-refractivity contribution is 0.402. The summed E-state index contributed by atoms with van der Waals surface area (Å²) in [5.41, 5.74) is 0. The normalized spacial score (nSPS) is 22.9. The minimum atomic E-state index is -3.57. The molecule has 1 saturated heterocycles. The van der Waals surface area contributed by atoms with E-state index in [9.17, 15) is 8.42 Å². The molecule has 0 amide bonds. The van der Waals surface area contributed by atoms with E-state index in [1.54, 1.807) is 18.2 Å². The fraction of sp³-hybridized carbons (Fsp3) is 0.538. The zero-order chi connectivity index (χ0) is 14.8. The van der Waals surface area contributed by atoms with Gasteiger partial charge in [-0.2, -0.15) is 11.8 Å².